The first-order chi connectivity index (χ1) is 10.3. The molecule has 0 saturated carbocycles. The van der Waals surface area contributed by atoms with E-state index in [-0.39, 0.29) is 24.9 Å². The van der Waals surface area contributed by atoms with Crippen LogP contribution in [-0.4, -0.2) is 56.9 Å². The second-order valence-corrected chi connectivity index (χ2v) is 7.73. The van der Waals surface area contributed by atoms with Crippen LogP contribution in [0.3, 0.4) is 0 Å². The first-order valence-corrected chi connectivity index (χ1v) is 8.95. The van der Waals surface area contributed by atoms with Crippen molar-refractivity contribution in [2.75, 3.05) is 20.2 Å². The average Bonchev–Trinajstić information content (AvgIpc) is 2.80. The van der Waals surface area contributed by atoms with Crippen molar-refractivity contribution in [2.24, 2.45) is 0 Å². The second-order valence-electron chi connectivity index (χ2n) is 4.95. The number of carbonyl (C=O) groups is 1. The Balaban J connectivity index is 2.10. The van der Waals surface area contributed by atoms with Crippen LogP contribution < -0.4 is 4.74 Å². The molecule has 0 unspecified atom stereocenters. The fraction of sp³-hybridized carbons (Fsp3) is 0.462. The average molecular weight is 350 g/mol. The number of likely N-dealkylation sites (tertiary alicyclic amines) is 1. The minimum absolute atomic E-state index is 0.186. The largest absolute Gasteiger partial charge is 0.486 e. The van der Waals surface area contributed by atoms with Gasteiger partial charge in [-0.3, -0.25) is 0 Å². The summed E-state index contributed by atoms with van der Waals surface area (Å²) < 4.78 is 33.2. The summed E-state index contributed by atoms with van der Waals surface area (Å²) in [5.74, 6) is 0.142. The zero-order valence-corrected chi connectivity index (χ0v) is 13.4. The number of benzene rings is 1. The molecule has 2 rings (SSSR count). The molecule has 1 saturated heterocycles. The van der Waals surface area contributed by atoms with E-state index in [4.69, 9.17) is 25.3 Å². The molecule has 1 N–H and O–H groups in total. The van der Waals surface area contributed by atoms with E-state index >= 15 is 0 Å². The first kappa shape index (κ1) is 16.9. The SMILES string of the molecule is CO[C@@H]1CN(C(=O)O)C[C@H]1Oc1cccc(CS(=O)(=O)Cl)c1. The Morgan fingerprint density at radius 2 is 2.09 bits per heavy atom. The molecular formula is C13H16ClNO6S. The molecule has 1 amide bonds. The van der Waals surface area contributed by atoms with Gasteiger partial charge >= 0.3 is 6.09 Å². The van der Waals surface area contributed by atoms with Crippen LogP contribution in [0.15, 0.2) is 24.3 Å². The van der Waals surface area contributed by atoms with Crippen molar-refractivity contribution in [3.05, 3.63) is 29.8 Å². The predicted molar refractivity (Wildman–Crippen MR) is 79.7 cm³/mol. The van der Waals surface area contributed by atoms with E-state index in [0.29, 0.717) is 11.3 Å². The lowest BCUT2D eigenvalue weighted by molar-refractivity contribution is 0.0341. The number of halogens is 1. The molecule has 0 spiro atoms. The molecular weight excluding hydrogens is 334 g/mol. The van der Waals surface area contributed by atoms with E-state index in [1.807, 2.05) is 0 Å². The molecule has 9 heteroatoms. The van der Waals surface area contributed by atoms with Crippen molar-refractivity contribution in [3.63, 3.8) is 0 Å². The first-order valence-electron chi connectivity index (χ1n) is 6.47. The highest BCUT2D eigenvalue weighted by Gasteiger charge is 2.37. The van der Waals surface area contributed by atoms with Crippen molar-refractivity contribution >= 4 is 25.8 Å². The van der Waals surface area contributed by atoms with Crippen molar-refractivity contribution in [2.45, 2.75) is 18.0 Å². The van der Waals surface area contributed by atoms with E-state index < -0.39 is 21.2 Å². The van der Waals surface area contributed by atoms with Crippen LogP contribution in [-0.2, 0) is 19.5 Å². The van der Waals surface area contributed by atoms with Gasteiger partial charge in [0.15, 0.2) is 0 Å². The molecule has 0 bridgehead atoms. The highest BCUT2D eigenvalue weighted by molar-refractivity contribution is 8.13. The summed E-state index contributed by atoms with van der Waals surface area (Å²) in [5.41, 5.74) is 0.495. The minimum Gasteiger partial charge on any atom is -0.486 e. The Labute approximate surface area is 132 Å². The van der Waals surface area contributed by atoms with Crippen molar-refractivity contribution in [1.29, 1.82) is 0 Å². The molecule has 1 fully saturated rings. The molecule has 1 aliphatic rings. The Morgan fingerprint density at radius 1 is 1.41 bits per heavy atom. The van der Waals surface area contributed by atoms with Crippen LogP contribution in [0, 0.1) is 0 Å². The van der Waals surface area contributed by atoms with Gasteiger partial charge in [0.1, 0.15) is 18.0 Å². The van der Waals surface area contributed by atoms with E-state index in [0.717, 1.165) is 0 Å². The number of methoxy groups -OCH3 is 1. The molecule has 1 aromatic carbocycles. The zero-order chi connectivity index (χ0) is 16.3. The number of amides is 1. The van der Waals surface area contributed by atoms with Gasteiger partial charge in [0, 0.05) is 17.8 Å². The molecule has 7 nitrogen and oxygen atoms in total. The quantitative estimate of drug-likeness (QED) is 0.810. The van der Waals surface area contributed by atoms with Gasteiger partial charge in [-0.05, 0) is 17.7 Å². The van der Waals surface area contributed by atoms with Crippen molar-refractivity contribution < 1.29 is 27.8 Å². The molecule has 1 aliphatic heterocycles. The Hall–Kier alpha value is -1.51. The molecule has 0 radical (unpaired) electrons. The number of nitrogens with zero attached hydrogens (tertiary/aromatic N) is 1. The van der Waals surface area contributed by atoms with Gasteiger partial charge in [0.05, 0.1) is 18.8 Å². The number of rotatable bonds is 5. The van der Waals surface area contributed by atoms with Gasteiger partial charge < -0.3 is 19.5 Å². The van der Waals surface area contributed by atoms with Gasteiger partial charge in [-0.2, -0.15) is 0 Å². The number of ether oxygens (including phenoxy) is 2. The lowest BCUT2D eigenvalue weighted by Gasteiger charge is -2.18. The number of hydrogen-bond acceptors (Lipinski definition) is 5. The third-order valence-electron chi connectivity index (χ3n) is 3.31. The summed E-state index contributed by atoms with van der Waals surface area (Å²) in [6, 6.07) is 6.51. The maximum Gasteiger partial charge on any atom is 0.407 e. The predicted octanol–water partition coefficient (Wildman–Crippen LogP) is 1.51. The molecule has 0 aromatic heterocycles. The summed E-state index contributed by atoms with van der Waals surface area (Å²) in [7, 11) is 3.07. The van der Waals surface area contributed by atoms with Crippen LogP contribution in [0.1, 0.15) is 5.56 Å². The third kappa shape index (κ3) is 4.49. The summed E-state index contributed by atoms with van der Waals surface area (Å²) in [4.78, 5) is 12.2. The van der Waals surface area contributed by atoms with E-state index in [9.17, 15) is 13.2 Å². The van der Waals surface area contributed by atoms with Gasteiger partial charge in [-0.15, -0.1) is 0 Å². The maximum absolute atomic E-state index is 11.1. The highest BCUT2D eigenvalue weighted by atomic mass is 35.7. The van der Waals surface area contributed by atoms with E-state index in [2.05, 4.69) is 0 Å². The van der Waals surface area contributed by atoms with Crippen LogP contribution in [0.25, 0.3) is 0 Å². The summed E-state index contributed by atoms with van der Waals surface area (Å²) in [6.45, 7) is 0.415. The topological polar surface area (TPSA) is 93.1 Å². The lowest BCUT2D eigenvalue weighted by Crippen LogP contribution is -2.31. The van der Waals surface area contributed by atoms with Crippen LogP contribution in [0.5, 0.6) is 5.75 Å². The summed E-state index contributed by atoms with van der Waals surface area (Å²) in [6.07, 6.45) is -1.87. The fourth-order valence-electron chi connectivity index (χ4n) is 2.32. The lowest BCUT2D eigenvalue weighted by atomic mass is 10.2. The van der Waals surface area contributed by atoms with Gasteiger partial charge in [-0.25, -0.2) is 13.2 Å². The van der Waals surface area contributed by atoms with E-state index in [1.165, 1.54) is 12.0 Å². The van der Waals surface area contributed by atoms with Crippen LogP contribution in [0.2, 0.25) is 0 Å². The maximum atomic E-state index is 11.1. The van der Waals surface area contributed by atoms with Gasteiger partial charge in [0.2, 0.25) is 9.05 Å². The molecule has 1 aromatic rings. The normalized spacial score (nSPS) is 21.8. The summed E-state index contributed by atoms with van der Waals surface area (Å²) >= 11 is 0. The summed E-state index contributed by atoms with van der Waals surface area (Å²) in [5, 5.41) is 9.02. The monoisotopic (exact) mass is 349 g/mol. The van der Waals surface area contributed by atoms with Gasteiger partial charge in [0.25, 0.3) is 0 Å². The zero-order valence-electron chi connectivity index (χ0n) is 11.8. The standard InChI is InChI=1S/C13H16ClNO6S/c1-20-11-6-15(13(16)17)7-12(11)21-10-4-2-3-9(5-10)8-22(14,18)19/h2-5,11-12H,6-8H2,1H3,(H,16,17)/t11-,12-/m1/s1. The molecule has 122 valence electrons. The second kappa shape index (κ2) is 6.72. The van der Waals surface area contributed by atoms with Crippen LogP contribution in [0.4, 0.5) is 4.79 Å². The van der Waals surface area contributed by atoms with Crippen molar-refractivity contribution in [3.8, 4) is 5.75 Å². The number of carboxylic acid groups (broad SMARTS) is 1. The van der Waals surface area contributed by atoms with E-state index in [1.54, 1.807) is 24.3 Å². The Bertz CT molecular complexity index is 650. The Morgan fingerprint density at radius 3 is 2.68 bits per heavy atom. The third-order valence-corrected chi connectivity index (χ3v) is 4.32. The highest BCUT2D eigenvalue weighted by Crippen LogP contribution is 2.22. The molecule has 22 heavy (non-hydrogen) atoms. The molecule has 1 heterocycles. The molecule has 0 aliphatic carbocycles. The van der Waals surface area contributed by atoms with Crippen LogP contribution >= 0.6 is 10.7 Å². The number of hydrogen-bond donors (Lipinski definition) is 1. The smallest absolute Gasteiger partial charge is 0.407 e. The molecule has 2 atom stereocenters. The minimum atomic E-state index is -3.65. The Kier molecular flexibility index (Phi) is 5.15. The van der Waals surface area contributed by atoms with Gasteiger partial charge in [-0.1, -0.05) is 12.1 Å². The van der Waals surface area contributed by atoms with Crippen molar-refractivity contribution in [1.82, 2.24) is 4.90 Å². The fourth-order valence-corrected chi connectivity index (χ4v) is 3.28.